The zero-order valence-electron chi connectivity index (χ0n) is 9.38. The van der Waals surface area contributed by atoms with Crippen LogP contribution in [-0.4, -0.2) is 16.8 Å². The number of benzene rings is 2. The van der Waals surface area contributed by atoms with Crippen LogP contribution in [0, 0.1) is 0 Å². The van der Waals surface area contributed by atoms with Crippen LogP contribution in [0.25, 0.3) is 0 Å². The summed E-state index contributed by atoms with van der Waals surface area (Å²) in [5.74, 6) is 0.168. The van der Waals surface area contributed by atoms with Gasteiger partial charge in [0, 0.05) is 6.54 Å². The summed E-state index contributed by atoms with van der Waals surface area (Å²) in [6.45, 7) is 0.0851. The van der Waals surface area contributed by atoms with Crippen molar-refractivity contribution in [1.29, 1.82) is 0 Å². The lowest BCUT2D eigenvalue weighted by Crippen LogP contribution is -2.35. The molecule has 0 aromatic heterocycles. The van der Waals surface area contributed by atoms with E-state index in [1.807, 2.05) is 30.3 Å². The summed E-state index contributed by atoms with van der Waals surface area (Å²) < 4.78 is 0. The second-order valence-electron chi connectivity index (χ2n) is 3.98. The Labute approximate surface area is 100 Å². The van der Waals surface area contributed by atoms with Gasteiger partial charge in [-0.2, -0.15) is 0 Å². The molecular weight excluding hydrogens is 214 g/mol. The molecule has 0 fully saturated rings. The highest BCUT2D eigenvalue weighted by atomic mass is 16.3. The van der Waals surface area contributed by atoms with E-state index >= 15 is 0 Å². The van der Waals surface area contributed by atoms with Gasteiger partial charge in [0.05, 0.1) is 0 Å². The maximum Gasteiger partial charge on any atom is 0.127 e. The Morgan fingerprint density at radius 2 is 1.41 bits per heavy atom. The molecule has 2 aromatic rings. The Hall–Kier alpha value is -1.84. The minimum Gasteiger partial charge on any atom is -0.508 e. The van der Waals surface area contributed by atoms with Gasteiger partial charge in [0.25, 0.3) is 0 Å². The zero-order valence-corrected chi connectivity index (χ0v) is 9.38. The summed E-state index contributed by atoms with van der Waals surface area (Å²) in [7, 11) is 0. The molecule has 17 heavy (non-hydrogen) atoms. The topological polar surface area (TPSA) is 66.5 Å². The molecule has 0 amide bonds. The first kappa shape index (κ1) is 11.6. The van der Waals surface area contributed by atoms with Crippen LogP contribution >= 0.6 is 0 Å². The normalized spacial score (nSPS) is 14.2. The number of phenolic OH excluding ortho intramolecular Hbond substituents is 1. The third-order valence-corrected chi connectivity index (χ3v) is 2.89. The lowest BCUT2D eigenvalue weighted by molar-refractivity contribution is 0.0902. The highest BCUT2D eigenvalue weighted by Crippen LogP contribution is 2.29. The summed E-state index contributed by atoms with van der Waals surface area (Å²) in [6.07, 6.45) is 0. The number of hydrogen-bond donors (Lipinski definition) is 3. The molecule has 0 spiro atoms. The maximum absolute atomic E-state index is 10.6. The Bertz CT molecular complexity index is 481. The van der Waals surface area contributed by atoms with E-state index in [2.05, 4.69) is 0 Å². The Kier molecular flexibility index (Phi) is 3.13. The van der Waals surface area contributed by atoms with Gasteiger partial charge in [-0.05, 0) is 23.3 Å². The lowest BCUT2D eigenvalue weighted by atomic mass is 9.86. The largest absolute Gasteiger partial charge is 0.508 e. The van der Waals surface area contributed by atoms with Crippen LogP contribution in [0.4, 0.5) is 0 Å². The molecule has 0 saturated heterocycles. The van der Waals surface area contributed by atoms with Crippen molar-refractivity contribution in [3.05, 3.63) is 65.7 Å². The third kappa shape index (κ3) is 2.16. The van der Waals surface area contributed by atoms with E-state index in [4.69, 9.17) is 5.73 Å². The van der Waals surface area contributed by atoms with Crippen LogP contribution in [0.15, 0.2) is 54.6 Å². The van der Waals surface area contributed by atoms with Crippen LogP contribution in [0.1, 0.15) is 11.1 Å². The predicted octanol–water partition coefficient (Wildman–Crippen LogP) is 1.59. The fourth-order valence-electron chi connectivity index (χ4n) is 1.85. The van der Waals surface area contributed by atoms with E-state index in [1.54, 1.807) is 24.3 Å². The minimum absolute atomic E-state index is 0.0851. The van der Waals surface area contributed by atoms with Crippen LogP contribution < -0.4 is 5.73 Å². The first-order valence-corrected chi connectivity index (χ1v) is 5.44. The number of aromatic hydroxyl groups is 1. The quantitative estimate of drug-likeness (QED) is 0.748. The van der Waals surface area contributed by atoms with Gasteiger partial charge in [-0.1, -0.05) is 42.5 Å². The van der Waals surface area contributed by atoms with Crippen molar-refractivity contribution in [3.8, 4) is 5.75 Å². The highest BCUT2D eigenvalue weighted by Gasteiger charge is 2.29. The van der Waals surface area contributed by atoms with E-state index in [-0.39, 0.29) is 12.3 Å². The van der Waals surface area contributed by atoms with Gasteiger partial charge < -0.3 is 15.9 Å². The molecule has 3 nitrogen and oxygen atoms in total. The SMILES string of the molecule is NCC(O)(c1ccccc1)c1ccc(O)cc1. The van der Waals surface area contributed by atoms with Crippen LogP contribution in [0.3, 0.4) is 0 Å². The van der Waals surface area contributed by atoms with Crippen molar-refractivity contribution in [2.45, 2.75) is 5.60 Å². The first-order valence-electron chi connectivity index (χ1n) is 5.44. The molecule has 0 saturated carbocycles. The molecule has 0 bridgehead atoms. The Morgan fingerprint density at radius 3 is 1.94 bits per heavy atom. The number of rotatable bonds is 3. The van der Waals surface area contributed by atoms with Crippen molar-refractivity contribution < 1.29 is 10.2 Å². The summed E-state index contributed by atoms with van der Waals surface area (Å²) in [5, 5.41) is 19.9. The molecule has 2 rings (SSSR count). The molecule has 0 aliphatic heterocycles. The lowest BCUT2D eigenvalue weighted by Gasteiger charge is -2.27. The van der Waals surface area contributed by atoms with Gasteiger partial charge in [0.15, 0.2) is 0 Å². The van der Waals surface area contributed by atoms with Crippen molar-refractivity contribution >= 4 is 0 Å². The van der Waals surface area contributed by atoms with Gasteiger partial charge in [-0.3, -0.25) is 0 Å². The summed E-state index contributed by atoms with van der Waals surface area (Å²) in [5.41, 5.74) is 5.90. The molecular formula is C14H15NO2. The molecule has 4 N–H and O–H groups in total. The van der Waals surface area contributed by atoms with E-state index in [9.17, 15) is 10.2 Å². The van der Waals surface area contributed by atoms with Gasteiger partial charge in [0.2, 0.25) is 0 Å². The molecule has 1 atom stereocenters. The molecule has 2 aromatic carbocycles. The summed E-state index contributed by atoms with van der Waals surface area (Å²) >= 11 is 0. The Balaban J connectivity index is 2.48. The van der Waals surface area contributed by atoms with E-state index in [0.717, 1.165) is 5.56 Å². The van der Waals surface area contributed by atoms with Crippen molar-refractivity contribution in [1.82, 2.24) is 0 Å². The molecule has 3 heteroatoms. The number of nitrogens with two attached hydrogens (primary N) is 1. The fourth-order valence-corrected chi connectivity index (χ4v) is 1.85. The first-order chi connectivity index (χ1) is 8.16. The second kappa shape index (κ2) is 4.57. The zero-order chi connectivity index (χ0) is 12.3. The van der Waals surface area contributed by atoms with Gasteiger partial charge in [0.1, 0.15) is 11.4 Å². The van der Waals surface area contributed by atoms with E-state index < -0.39 is 5.60 Å². The van der Waals surface area contributed by atoms with Crippen molar-refractivity contribution in [2.75, 3.05) is 6.54 Å². The van der Waals surface area contributed by atoms with Gasteiger partial charge >= 0.3 is 0 Å². The smallest absolute Gasteiger partial charge is 0.127 e. The number of hydrogen-bond acceptors (Lipinski definition) is 3. The number of aliphatic hydroxyl groups is 1. The molecule has 0 aliphatic rings. The molecule has 0 aliphatic carbocycles. The standard InChI is InChI=1S/C14H15NO2/c15-10-14(17,11-4-2-1-3-5-11)12-6-8-13(16)9-7-12/h1-9,16-17H,10,15H2. The average Bonchev–Trinajstić information content (AvgIpc) is 2.40. The predicted molar refractivity (Wildman–Crippen MR) is 66.6 cm³/mol. The van der Waals surface area contributed by atoms with Crippen LogP contribution in [-0.2, 0) is 5.60 Å². The molecule has 0 heterocycles. The molecule has 88 valence electrons. The van der Waals surface area contributed by atoms with E-state index in [1.165, 1.54) is 0 Å². The summed E-state index contributed by atoms with van der Waals surface area (Å²) in [4.78, 5) is 0. The fraction of sp³-hybridized carbons (Fsp3) is 0.143. The van der Waals surface area contributed by atoms with Crippen molar-refractivity contribution in [3.63, 3.8) is 0 Å². The van der Waals surface area contributed by atoms with Gasteiger partial charge in [-0.15, -0.1) is 0 Å². The highest BCUT2D eigenvalue weighted by molar-refractivity contribution is 5.38. The van der Waals surface area contributed by atoms with Crippen LogP contribution in [0.5, 0.6) is 5.75 Å². The third-order valence-electron chi connectivity index (χ3n) is 2.89. The van der Waals surface area contributed by atoms with Gasteiger partial charge in [-0.25, -0.2) is 0 Å². The minimum atomic E-state index is -1.21. The number of phenols is 1. The average molecular weight is 229 g/mol. The van der Waals surface area contributed by atoms with Crippen LogP contribution in [0.2, 0.25) is 0 Å². The molecule has 1 unspecified atom stereocenters. The van der Waals surface area contributed by atoms with Crippen molar-refractivity contribution in [2.24, 2.45) is 5.73 Å². The molecule has 0 radical (unpaired) electrons. The van der Waals surface area contributed by atoms with E-state index in [0.29, 0.717) is 5.56 Å². The second-order valence-corrected chi connectivity index (χ2v) is 3.98. The Morgan fingerprint density at radius 1 is 0.882 bits per heavy atom. The maximum atomic E-state index is 10.6. The monoisotopic (exact) mass is 229 g/mol. The summed E-state index contributed by atoms with van der Waals surface area (Å²) in [6, 6.07) is 15.7.